The van der Waals surface area contributed by atoms with Gasteiger partial charge in [-0.3, -0.25) is 9.59 Å². The summed E-state index contributed by atoms with van der Waals surface area (Å²) >= 11 is 0. The summed E-state index contributed by atoms with van der Waals surface area (Å²) in [6.07, 6.45) is 1.64. The summed E-state index contributed by atoms with van der Waals surface area (Å²) in [6.45, 7) is 11.3. The third-order valence-electron chi connectivity index (χ3n) is 5.87. The van der Waals surface area contributed by atoms with Gasteiger partial charge in [-0.25, -0.2) is 0 Å². The third-order valence-corrected chi connectivity index (χ3v) is 5.87. The zero-order chi connectivity index (χ0) is 16.4. The molecule has 4 atom stereocenters. The Morgan fingerprint density at radius 3 is 1.95 bits per heavy atom. The smallest absolute Gasteiger partial charge is 0.320 e. The van der Waals surface area contributed by atoms with Crippen LogP contribution in [0.2, 0.25) is 0 Å². The molecule has 0 N–H and O–H groups in total. The Hall–Kier alpha value is -1.06. The van der Waals surface area contributed by atoms with E-state index in [1.54, 1.807) is 0 Å². The van der Waals surface area contributed by atoms with Crippen molar-refractivity contribution in [2.45, 2.75) is 47.5 Å². The van der Waals surface area contributed by atoms with Crippen molar-refractivity contribution < 1.29 is 19.1 Å². The number of hydrogen-bond donors (Lipinski definition) is 0. The Morgan fingerprint density at radius 2 is 1.62 bits per heavy atom. The molecule has 1 aliphatic carbocycles. The summed E-state index contributed by atoms with van der Waals surface area (Å²) in [4.78, 5) is 23.7. The molecule has 0 aromatic rings. The SMILES string of the molecule is COC(=O)C(CC(C)C1CC(C)C(C)C1(C)C)C(=O)OC. The summed E-state index contributed by atoms with van der Waals surface area (Å²) < 4.78 is 9.51. The first kappa shape index (κ1) is 18.0. The molecule has 4 nitrogen and oxygen atoms in total. The molecule has 0 heterocycles. The minimum atomic E-state index is -0.808. The maximum Gasteiger partial charge on any atom is 0.320 e. The van der Waals surface area contributed by atoms with Gasteiger partial charge >= 0.3 is 11.9 Å². The molecule has 0 bridgehead atoms. The predicted octanol–water partition coefficient (Wildman–Crippen LogP) is 3.29. The lowest BCUT2D eigenvalue weighted by Gasteiger charge is -2.36. The van der Waals surface area contributed by atoms with Crippen LogP contribution >= 0.6 is 0 Å². The average molecular weight is 298 g/mol. The highest BCUT2D eigenvalue weighted by atomic mass is 16.5. The molecule has 0 amide bonds. The van der Waals surface area contributed by atoms with E-state index in [4.69, 9.17) is 9.47 Å². The second kappa shape index (κ2) is 6.80. The van der Waals surface area contributed by atoms with Gasteiger partial charge in [0.25, 0.3) is 0 Å². The summed E-state index contributed by atoms with van der Waals surface area (Å²) in [5.41, 5.74) is 0.218. The van der Waals surface area contributed by atoms with E-state index in [1.165, 1.54) is 14.2 Å². The quantitative estimate of drug-likeness (QED) is 0.577. The molecule has 1 fully saturated rings. The van der Waals surface area contributed by atoms with Crippen molar-refractivity contribution in [1.82, 2.24) is 0 Å². The number of carbonyl (C=O) groups excluding carboxylic acids is 2. The lowest BCUT2D eigenvalue weighted by Crippen LogP contribution is -2.33. The predicted molar refractivity (Wildman–Crippen MR) is 81.5 cm³/mol. The molecule has 1 saturated carbocycles. The zero-order valence-electron chi connectivity index (χ0n) is 14.4. The average Bonchev–Trinajstić information content (AvgIpc) is 2.66. The minimum Gasteiger partial charge on any atom is -0.468 e. The van der Waals surface area contributed by atoms with Crippen LogP contribution < -0.4 is 0 Å². The molecule has 0 aromatic carbocycles. The van der Waals surface area contributed by atoms with Crippen molar-refractivity contribution >= 4 is 11.9 Å². The molecule has 21 heavy (non-hydrogen) atoms. The molecular weight excluding hydrogens is 268 g/mol. The zero-order valence-corrected chi connectivity index (χ0v) is 14.4. The summed E-state index contributed by atoms with van der Waals surface area (Å²) in [5, 5.41) is 0. The van der Waals surface area contributed by atoms with Crippen LogP contribution in [-0.4, -0.2) is 26.2 Å². The Bertz CT molecular complexity index is 372. The number of carbonyl (C=O) groups is 2. The monoisotopic (exact) mass is 298 g/mol. The van der Waals surface area contributed by atoms with Crippen LogP contribution in [0.1, 0.15) is 47.5 Å². The second-order valence-corrected chi connectivity index (χ2v) is 7.24. The van der Waals surface area contributed by atoms with Crippen molar-refractivity contribution in [1.29, 1.82) is 0 Å². The van der Waals surface area contributed by atoms with Gasteiger partial charge in [-0.15, -0.1) is 0 Å². The Balaban J connectivity index is 2.85. The van der Waals surface area contributed by atoms with E-state index in [0.29, 0.717) is 24.2 Å². The Kier molecular flexibility index (Phi) is 5.83. The van der Waals surface area contributed by atoms with E-state index in [0.717, 1.165) is 6.42 Å². The van der Waals surface area contributed by atoms with Crippen LogP contribution in [0.25, 0.3) is 0 Å². The van der Waals surface area contributed by atoms with Crippen molar-refractivity contribution in [2.75, 3.05) is 14.2 Å². The fourth-order valence-electron chi connectivity index (χ4n) is 4.05. The van der Waals surface area contributed by atoms with Crippen molar-refractivity contribution in [2.24, 2.45) is 35.0 Å². The number of methoxy groups -OCH3 is 2. The molecule has 0 saturated heterocycles. The first-order valence-corrected chi connectivity index (χ1v) is 7.82. The van der Waals surface area contributed by atoms with Crippen LogP contribution in [0.15, 0.2) is 0 Å². The highest BCUT2D eigenvalue weighted by molar-refractivity contribution is 5.94. The second-order valence-electron chi connectivity index (χ2n) is 7.24. The van der Waals surface area contributed by atoms with E-state index in [1.807, 2.05) is 0 Å². The summed E-state index contributed by atoms with van der Waals surface area (Å²) in [7, 11) is 2.62. The largest absolute Gasteiger partial charge is 0.468 e. The molecule has 1 aliphatic rings. The van der Waals surface area contributed by atoms with E-state index < -0.39 is 17.9 Å². The van der Waals surface area contributed by atoms with Crippen LogP contribution in [0, 0.1) is 35.0 Å². The van der Waals surface area contributed by atoms with Gasteiger partial charge in [-0.05, 0) is 41.9 Å². The maximum absolute atomic E-state index is 11.8. The van der Waals surface area contributed by atoms with Crippen molar-refractivity contribution in [3.8, 4) is 0 Å². The van der Waals surface area contributed by atoms with Gasteiger partial charge in [0.05, 0.1) is 14.2 Å². The van der Waals surface area contributed by atoms with Crippen LogP contribution in [0.4, 0.5) is 0 Å². The number of hydrogen-bond acceptors (Lipinski definition) is 4. The van der Waals surface area contributed by atoms with Crippen LogP contribution in [0.5, 0.6) is 0 Å². The van der Waals surface area contributed by atoms with Gasteiger partial charge in [0.2, 0.25) is 0 Å². The minimum absolute atomic E-state index is 0.218. The highest BCUT2D eigenvalue weighted by Gasteiger charge is 2.47. The molecule has 0 aliphatic heterocycles. The fourth-order valence-corrected chi connectivity index (χ4v) is 4.05. The molecule has 1 rings (SSSR count). The molecule has 4 heteroatoms. The molecule has 122 valence electrons. The van der Waals surface area contributed by atoms with E-state index in [-0.39, 0.29) is 11.3 Å². The molecule has 0 aromatic heterocycles. The lowest BCUT2D eigenvalue weighted by atomic mass is 9.69. The van der Waals surface area contributed by atoms with Gasteiger partial charge in [0.1, 0.15) is 0 Å². The van der Waals surface area contributed by atoms with Crippen LogP contribution in [-0.2, 0) is 19.1 Å². The maximum atomic E-state index is 11.8. The molecule has 4 unspecified atom stereocenters. The highest BCUT2D eigenvalue weighted by Crippen LogP contribution is 2.54. The van der Waals surface area contributed by atoms with Gasteiger partial charge in [0.15, 0.2) is 5.92 Å². The Morgan fingerprint density at radius 1 is 1.14 bits per heavy atom. The van der Waals surface area contributed by atoms with E-state index in [2.05, 4.69) is 34.6 Å². The summed E-state index contributed by atoms with van der Waals surface area (Å²) in [5.74, 6) is 0.282. The first-order chi connectivity index (χ1) is 9.66. The van der Waals surface area contributed by atoms with E-state index >= 15 is 0 Å². The number of ether oxygens (including phenoxy) is 2. The van der Waals surface area contributed by atoms with Gasteiger partial charge < -0.3 is 9.47 Å². The standard InChI is InChI=1S/C17H30O4/c1-10-9-14(17(4,5)12(10)3)11(2)8-13(15(18)20-6)16(19)21-7/h10-14H,8-9H2,1-7H3. The van der Waals surface area contributed by atoms with Crippen molar-refractivity contribution in [3.63, 3.8) is 0 Å². The number of rotatable bonds is 5. The van der Waals surface area contributed by atoms with Gasteiger partial charge in [0, 0.05) is 0 Å². The first-order valence-electron chi connectivity index (χ1n) is 7.82. The van der Waals surface area contributed by atoms with Crippen LogP contribution in [0.3, 0.4) is 0 Å². The Labute approximate surface area is 128 Å². The van der Waals surface area contributed by atoms with Gasteiger partial charge in [-0.2, -0.15) is 0 Å². The fraction of sp³-hybridized carbons (Fsp3) is 0.882. The molecule has 0 radical (unpaired) electrons. The number of esters is 2. The third kappa shape index (κ3) is 3.58. The topological polar surface area (TPSA) is 52.6 Å². The normalized spacial score (nSPS) is 29.2. The molecule has 0 spiro atoms. The van der Waals surface area contributed by atoms with Crippen molar-refractivity contribution in [3.05, 3.63) is 0 Å². The lowest BCUT2D eigenvalue weighted by molar-refractivity contribution is -0.160. The van der Waals surface area contributed by atoms with E-state index in [9.17, 15) is 9.59 Å². The molecular formula is C17H30O4. The summed E-state index contributed by atoms with van der Waals surface area (Å²) in [6, 6.07) is 0. The van der Waals surface area contributed by atoms with Gasteiger partial charge in [-0.1, -0.05) is 34.6 Å².